The van der Waals surface area contributed by atoms with Crippen molar-refractivity contribution in [2.45, 2.75) is 29.2 Å². The van der Waals surface area contributed by atoms with Gasteiger partial charge in [-0.05, 0) is 17.7 Å². The van der Waals surface area contributed by atoms with Crippen molar-refractivity contribution >= 4 is 56.3 Å². The molecule has 0 spiro atoms. The monoisotopic (exact) mass is 435 g/mol. The Morgan fingerprint density at radius 1 is 1.38 bits per heavy atom. The van der Waals surface area contributed by atoms with Crippen LogP contribution in [-0.4, -0.2) is 44.7 Å². The Bertz CT molecular complexity index is 641. The smallest absolute Gasteiger partial charge is 0.345 e. The van der Waals surface area contributed by atoms with Gasteiger partial charge in [0.25, 0.3) is 0 Å². The van der Waals surface area contributed by atoms with Crippen molar-refractivity contribution in [3.8, 4) is 5.75 Å². The van der Waals surface area contributed by atoms with E-state index in [0.717, 1.165) is 22.2 Å². The van der Waals surface area contributed by atoms with Crippen molar-refractivity contribution in [3.05, 3.63) is 29.8 Å². The number of amides is 1. The average Bonchev–Trinajstić information content (AvgIpc) is 2.58. The first-order valence-corrected chi connectivity index (χ1v) is 9.15. The molecule has 1 saturated heterocycles. The van der Waals surface area contributed by atoms with Crippen LogP contribution in [0, 0.1) is 0 Å². The first-order chi connectivity index (χ1) is 11.3. The Morgan fingerprint density at radius 3 is 2.54 bits per heavy atom. The molecule has 9 heteroatoms. The van der Waals surface area contributed by atoms with Crippen molar-refractivity contribution in [2.24, 2.45) is 0 Å². The predicted octanol–water partition coefficient (Wildman–Crippen LogP) is 2.51. The highest BCUT2D eigenvalue weighted by Crippen LogP contribution is 2.38. The van der Waals surface area contributed by atoms with Gasteiger partial charge in [-0.3, -0.25) is 9.59 Å². The lowest BCUT2D eigenvalue weighted by Crippen LogP contribution is -2.64. The molecule has 3 atom stereocenters. The van der Waals surface area contributed by atoms with Crippen LogP contribution in [0.4, 0.5) is 0 Å². The maximum atomic E-state index is 12.1. The molecule has 0 radical (unpaired) electrons. The second-order valence-electron chi connectivity index (χ2n) is 4.94. The Balaban J connectivity index is 1.93. The van der Waals surface area contributed by atoms with Gasteiger partial charge in [0.2, 0.25) is 11.4 Å². The van der Waals surface area contributed by atoms with Crippen LogP contribution in [0.2, 0.25) is 0 Å². The van der Waals surface area contributed by atoms with Crippen molar-refractivity contribution < 1.29 is 23.9 Å². The van der Waals surface area contributed by atoms with E-state index in [9.17, 15) is 14.4 Å². The normalized spacial score (nSPS) is 21.0. The number of rotatable bonds is 6. The molecular formula is C15H15BrClNO5S. The van der Waals surface area contributed by atoms with Crippen LogP contribution < -0.4 is 4.74 Å². The summed E-state index contributed by atoms with van der Waals surface area (Å²) >= 11 is 10.2. The van der Waals surface area contributed by atoms with Crippen LogP contribution in [-0.2, 0) is 25.7 Å². The van der Waals surface area contributed by atoms with E-state index in [0.29, 0.717) is 5.75 Å². The van der Waals surface area contributed by atoms with E-state index in [1.165, 1.54) is 6.92 Å². The van der Waals surface area contributed by atoms with Crippen molar-refractivity contribution in [3.63, 3.8) is 0 Å². The standard InChI is InChI=1S/C15H15BrClNO5S/c1-8(19)24-14-11(16)13(20)18(14)12(17)15(21)23-7-9-3-5-10(22-2)6-4-9/h3-6,11-12,14H,7H2,1-2H3. The number of nitrogens with zero attached hydrogens (tertiary/aromatic N) is 1. The van der Waals surface area contributed by atoms with E-state index in [1.54, 1.807) is 31.4 Å². The number of likely N-dealkylation sites (tertiary alicyclic amines) is 1. The molecule has 0 N–H and O–H groups in total. The van der Waals surface area contributed by atoms with Gasteiger partial charge in [0.1, 0.15) is 22.6 Å². The molecule has 2 rings (SSSR count). The highest BCUT2D eigenvalue weighted by atomic mass is 79.9. The van der Waals surface area contributed by atoms with Crippen molar-refractivity contribution in [1.82, 2.24) is 4.90 Å². The maximum Gasteiger partial charge on any atom is 0.345 e. The molecule has 0 aliphatic carbocycles. The van der Waals surface area contributed by atoms with Crippen molar-refractivity contribution in [1.29, 1.82) is 0 Å². The molecule has 130 valence electrons. The number of alkyl halides is 2. The highest BCUT2D eigenvalue weighted by Gasteiger charge is 2.52. The van der Waals surface area contributed by atoms with Crippen LogP contribution in [0.15, 0.2) is 24.3 Å². The topological polar surface area (TPSA) is 72.9 Å². The number of hydrogen-bond acceptors (Lipinski definition) is 6. The molecular weight excluding hydrogens is 422 g/mol. The number of hydrogen-bond donors (Lipinski definition) is 0. The summed E-state index contributed by atoms with van der Waals surface area (Å²) in [6.07, 6.45) is 0. The van der Waals surface area contributed by atoms with Gasteiger partial charge in [0.05, 0.1) is 7.11 Å². The number of halogens is 2. The third kappa shape index (κ3) is 4.23. The lowest BCUT2D eigenvalue weighted by Gasteiger charge is -2.44. The Labute approximate surface area is 156 Å². The van der Waals surface area contributed by atoms with Gasteiger partial charge in [0, 0.05) is 6.92 Å². The number of carbonyl (C=O) groups excluding carboxylic acids is 3. The summed E-state index contributed by atoms with van der Waals surface area (Å²) in [6.45, 7) is 1.41. The Kier molecular flexibility index (Phi) is 6.54. The molecule has 0 saturated carbocycles. The Morgan fingerprint density at radius 2 is 2.00 bits per heavy atom. The number of β-lactam (4-membered cyclic amide) rings is 1. The van der Waals surface area contributed by atoms with Crippen LogP contribution in [0.5, 0.6) is 5.75 Å². The lowest BCUT2D eigenvalue weighted by molar-refractivity contribution is -0.157. The van der Waals surface area contributed by atoms with Gasteiger partial charge in [-0.1, -0.05) is 51.4 Å². The summed E-state index contributed by atoms with van der Waals surface area (Å²) in [6, 6.07) is 7.00. The summed E-state index contributed by atoms with van der Waals surface area (Å²) in [7, 11) is 1.56. The second kappa shape index (κ2) is 8.22. The lowest BCUT2D eigenvalue weighted by atomic mass is 10.2. The zero-order valence-electron chi connectivity index (χ0n) is 12.9. The molecule has 1 aromatic rings. The zero-order valence-corrected chi connectivity index (χ0v) is 16.1. The van der Waals surface area contributed by atoms with Crippen LogP contribution >= 0.6 is 39.3 Å². The van der Waals surface area contributed by atoms with Gasteiger partial charge in [-0.15, -0.1) is 0 Å². The molecule has 1 fully saturated rings. The fourth-order valence-corrected chi connectivity index (χ4v) is 4.11. The number of ether oxygens (including phenoxy) is 2. The molecule has 3 unspecified atom stereocenters. The van der Waals surface area contributed by atoms with Crippen LogP contribution in [0.25, 0.3) is 0 Å². The molecule has 6 nitrogen and oxygen atoms in total. The number of benzene rings is 1. The highest BCUT2D eigenvalue weighted by molar-refractivity contribution is 9.10. The van der Waals surface area contributed by atoms with E-state index in [-0.39, 0.29) is 17.6 Å². The van der Waals surface area contributed by atoms with Gasteiger partial charge < -0.3 is 14.4 Å². The van der Waals surface area contributed by atoms with E-state index < -0.39 is 21.7 Å². The van der Waals surface area contributed by atoms with E-state index >= 15 is 0 Å². The van der Waals surface area contributed by atoms with Gasteiger partial charge in [-0.2, -0.15) is 0 Å². The van der Waals surface area contributed by atoms with E-state index in [2.05, 4.69) is 15.9 Å². The fraction of sp³-hybridized carbons (Fsp3) is 0.400. The minimum Gasteiger partial charge on any atom is -0.497 e. The largest absolute Gasteiger partial charge is 0.497 e. The first kappa shape index (κ1) is 19.1. The minimum atomic E-state index is -1.28. The predicted molar refractivity (Wildman–Crippen MR) is 94.1 cm³/mol. The molecule has 1 amide bonds. The third-order valence-electron chi connectivity index (χ3n) is 3.28. The van der Waals surface area contributed by atoms with Gasteiger partial charge in [-0.25, -0.2) is 4.79 Å². The SMILES string of the molecule is COc1ccc(COC(=O)C(Cl)N2C(=O)C(Br)C2SC(C)=O)cc1. The summed E-state index contributed by atoms with van der Waals surface area (Å²) in [5.74, 6) is -0.400. The summed E-state index contributed by atoms with van der Waals surface area (Å²) < 4.78 is 10.2. The second-order valence-corrected chi connectivity index (χ2v) is 7.63. The zero-order chi connectivity index (χ0) is 17.9. The first-order valence-electron chi connectivity index (χ1n) is 6.92. The molecule has 1 aliphatic rings. The number of methoxy groups -OCH3 is 1. The Hall–Kier alpha value is -1.25. The number of thioether (sulfide) groups is 1. The summed E-state index contributed by atoms with van der Waals surface area (Å²) in [4.78, 5) is 35.8. The average molecular weight is 437 g/mol. The van der Waals surface area contributed by atoms with Gasteiger partial charge >= 0.3 is 5.97 Å². The third-order valence-corrected chi connectivity index (χ3v) is 5.98. The summed E-state index contributed by atoms with van der Waals surface area (Å²) in [5.41, 5.74) is -0.516. The van der Waals surface area contributed by atoms with Crippen LogP contribution in [0.1, 0.15) is 12.5 Å². The molecule has 0 bridgehead atoms. The fourth-order valence-electron chi connectivity index (χ4n) is 2.03. The van der Waals surface area contributed by atoms with Crippen LogP contribution in [0.3, 0.4) is 0 Å². The minimum absolute atomic E-state index is 0.0241. The molecule has 0 aromatic heterocycles. The van der Waals surface area contributed by atoms with E-state index in [4.69, 9.17) is 21.1 Å². The molecule has 1 aliphatic heterocycles. The summed E-state index contributed by atoms with van der Waals surface area (Å²) in [5, 5.41) is -0.691. The maximum absolute atomic E-state index is 12.1. The van der Waals surface area contributed by atoms with E-state index in [1.807, 2.05) is 0 Å². The molecule has 24 heavy (non-hydrogen) atoms. The number of esters is 1. The van der Waals surface area contributed by atoms with Crippen molar-refractivity contribution in [2.75, 3.05) is 7.11 Å². The number of carbonyl (C=O) groups is 3. The molecule has 1 aromatic carbocycles. The van der Waals surface area contributed by atoms with Gasteiger partial charge in [0.15, 0.2) is 5.12 Å². The quantitative estimate of drug-likeness (QED) is 0.295. The molecule has 1 heterocycles.